The van der Waals surface area contributed by atoms with Crippen LogP contribution in [0.2, 0.25) is 0 Å². The third-order valence-corrected chi connectivity index (χ3v) is 2.82. The lowest BCUT2D eigenvalue weighted by Gasteiger charge is -2.15. The Hall–Kier alpha value is -1.02. The first-order chi connectivity index (χ1) is 8.77. The number of nitrogens with zero attached hydrogens (tertiary/aromatic N) is 1. The summed E-state index contributed by atoms with van der Waals surface area (Å²) in [5, 5.41) is 0. The van der Waals surface area contributed by atoms with Crippen molar-refractivity contribution in [1.82, 2.24) is 9.97 Å². The van der Waals surface area contributed by atoms with Crippen LogP contribution >= 0.6 is 12.2 Å². The fourth-order valence-electron chi connectivity index (χ4n) is 1.50. The quantitative estimate of drug-likeness (QED) is 0.646. The van der Waals surface area contributed by atoms with E-state index in [0.29, 0.717) is 11.1 Å². The summed E-state index contributed by atoms with van der Waals surface area (Å²) < 4.78 is 53.9. The van der Waals surface area contributed by atoms with E-state index in [4.69, 9.17) is 12.2 Å². The first-order valence-electron chi connectivity index (χ1n) is 5.60. The highest BCUT2D eigenvalue weighted by Crippen LogP contribution is 2.23. The number of rotatable bonds is 6. The maximum absolute atomic E-state index is 12.6. The molecular formula is C11H14F4N2OS. The molecule has 0 saturated carbocycles. The number of ether oxygens (including phenoxy) is 1. The van der Waals surface area contributed by atoms with E-state index in [2.05, 4.69) is 14.7 Å². The summed E-state index contributed by atoms with van der Waals surface area (Å²) in [5.41, 5.74) is 1.62. The predicted octanol–water partition coefficient (Wildman–Crippen LogP) is 3.43. The van der Waals surface area contributed by atoms with Crippen molar-refractivity contribution in [2.75, 3.05) is 6.61 Å². The normalized spacial score (nSPS) is 12.2. The third kappa shape index (κ3) is 4.24. The van der Waals surface area contributed by atoms with Crippen molar-refractivity contribution >= 4 is 12.2 Å². The summed E-state index contributed by atoms with van der Waals surface area (Å²) in [6.07, 6.45) is -3.05. The highest BCUT2D eigenvalue weighted by molar-refractivity contribution is 7.71. The Bertz CT molecular complexity index is 490. The van der Waals surface area contributed by atoms with Crippen LogP contribution in [0.3, 0.4) is 0 Å². The Labute approximate surface area is 113 Å². The largest absolute Gasteiger partial charge is 0.367 e. The van der Waals surface area contributed by atoms with Gasteiger partial charge >= 0.3 is 12.3 Å². The van der Waals surface area contributed by atoms with Gasteiger partial charge in [0.25, 0.3) is 0 Å². The number of H-pyrrole nitrogens is 1. The molecule has 0 aliphatic carbocycles. The van der Waals surface area contributed by atoms with E-state index in [1.807, 2.05) is 6.92 Å². The first kappa shape index (κ1) is 16.0. The molecule has 0 spiro atoms. The van der Waals surface area contributed by atoms with Gasteiger partial charge in [-0.3, -0.25) is 0 Å². The smallest absolute Gasteiger partial charge is 0.330 e. The Kier molecular flexibility index (Phi) is 5.42. The summed E-state index contributed by atoms with van der Waals surface area (Å²) in [5.74, 6) is -3.92. The number of aromatic amines is 1. The molecule has 1 rings (SSSR count). The number of aryl methyl sites for hydroxylation is 1. The molecule has 1 heterocycles. The van der Waals surface area contributed by atoms with Crippen LogP contribution in [0.25, 0.3) is 0 Å². The second-order valence-corrected chi connectivity index (χ2v) is 4.39. The fourth-order valence-corrected chi connectivity index (χ4v) is 1.91. The molecule has 19 heavy (non-hydrogen) atoms. The van der Waals surface area contributed by atoms with Gasteiger partial charge in [-0.25, -0.2) is 13.8 Å². The maximum Gasteiger partial charge on any atom is 0.330 e. The molecule has 0 radical (unpaired) electrons. The van der Waals surface area contributed by atoms with Gasteiger partial charge in [0.15, 0.2) is 0 Å². The lowest BCUT2D eigenvalue weighted by atomic mass is 10.2. The van der Waals surface area contributed by atoms with Crippen LogP contribution in [0.15, 0.2) is 0 Å². The van der Waals surface area contributed by atoms with Crippen molar-refractivity contribution in [3.8, 4) is 0 Å². The van der Waals surface area contributed by atoms with Crippen molar-refractivity contribution in [3.63, 3.8) is 0 Å². The van der Waals surface area contributed by atoms with Crippen LogP contribution in [0.1, 0.15) is 24.0 Å². The average Bonchev–Trinajstić information content (AvgIpc) is 2.28. The molecule has 8 heteroatoms. The second kappa shape index (κ2) is 6.42. The minimum absolute atomic E-state index is 0.241. The second-order valence-electron chi connectivity index (χ2n) is 4.00. The van der Waals surface area contributed by atoms with Gasteiger partial charge in [-0.2, -0.15) is 8.78 Å². The van der Waals surface area contributed by atoms with Gasteiger partial charge in [0.1, 0.15) is 23.7 Å². The zero-order valence-electron chi connectivity index (χ0n) is 10.5. The molecule has 0 amide bonds. The Morgan fingerprint density at radius 3 is 2.53 bits per heavy atom. The summed E-state index contributed by atoms with van der Waals surface area (Å²) in [6.45, 7) is 2.00. The predicted molar refractivity (Wildman–Crippen MR) is 64.1 cm³/mol. The number of aromatic nitrogens is 2. The third-order valence-electron chi connectivity index (χ3n) is 2.49. The van der Waals surface area contributed by atoms with Gasteiger partial charge in [-0.1, -0.05) is 19.1 Å². The minimum atomic E-state index is -4.16. The van der Waals surface area contributed by atoms with Crippen molar-refractivity contribution < 1.29 is 22.3 Å². The molecule has 1 aromatic heterocycles. The number of hydrogen-bond donors (Lipinski definition) is 1. The Morgan fingerprint density at radius 2 is 2.05 bits per heavy atom. The van der Waals surface area contributed by atoms with Crippen molar-refractivity contribution in [1.29, 1.82) is 0 Å². The summed E-state index contributed by atoms with van der Waals surface area (Å²) in [7, 11) is 0. The molecule has 3 nitrogen and oxygen atoms in total. The Morgan fingerprint density at radius 1 is 1.42 bits per heavy atom. The molecule has 0 bridgehead atoms. The molecule has 0 aliphatic heterocycles. The molecule has 0 saturated heterocycles. The maximum atomic E-state index is 12.6. The van der Waals surface area contributed by atoms with Crippen LogP contribution in [0.4, 0.5) is 17.6 Å². The molecule has 0 atom stereocenters. The highest BCUT2D eigenvalue weighted by atomic mass is 32.1. The summed E-state index contributed by atoms with van der Waals surface area (Å²) >= 11 is 5.04. The molecule has 0 aromatic carbocycles. The standard InChI is InChI=1S/C11H14F4N2OS/c1-3-7-6(2)16-8(17-9(7)19)4-18-5-11(14,15)10(12)13/h10H,3-5H2,1-2H3,(H,16,17,19). The van der Waals surface area contributed by atoms with E-state index >= 15 is 0 Å². The van der Waals surface area contributed by atoms with E-state index in [1.54, 1.807) is 6.92 Å². The molecule has 108 valence electrons. The summed E-state index contributed by atoms with van der Waals surface area (Å²) in [4.78, 5) is 6.82. The SMILES string of the molecule is CCc1c(C)[nH]c(COCC(F)(F)C(F)F)nc1=S. The van der Waals surface area contributed by atoms with Crippen LogP contribution in [-0.4, -0.2) is 28.9 Å². The van der Waals surface area contributed by atoms with Gasteiger partial charge in [0.05, 0.1) is 0 Å². The van der Waals surface area contributed by atoms with Gasteiger partial charge in [0, 0.05) is 11.3 Å². The zero-order chi connectivity index (χ0) is 14.6. The molecular weight excluding hydrogens is 284 g/mol. The number of nitrogens with one attached hydrogen (secondary N) is 1. The lowest BCUT2D eigenvalue weighted by Crippen LogP contribution is -2.32. The van der Waals surface area contributed by atoms with E-state index in [1.165, 1.54) is 0 Å². The van der Waals surface area contributed by atoms with E-state index < -0.39 is 19.0 Å². The van der Waals surface area contributed by atoms with Gasteiger partial charge in [-0.15, -0.1) is 0 Å². The van der Waals surface area contributed by atoms with Crippen LogP contribution in [-0.2, 0) is 17.8 Å². The van der Waals surface area contributed by atoms with Gasteiger partial charge < -0.3 is 9.72 Å². The van der Waals surface area contributed by atoms with Crippen molar-refractivity contribution in [2.45, 2.75) is 39.2 Å². The van der Waals surface area contributed by atoms with Crippen molar-refractivity contribution in [3.05, 3.63) is 21.7 Å². The molecule has 1 N–H and O–H groups in total. The van der Waals surface area contributed by atoms with Gasteiger partial charge in [-0.05, 0) is 13.3 Å². The molecule has 0 fully saturated rings. The highest BCUT2D eigenvalue weighted by Gasteiger charge is 2.40. The van der Waals surface area contributed by atoms with E-state index in [9.17, 15) is 17.6 Å². The molecule has 1 aromatic rings. The number of halogens is 4. The number of alkyl halides is 4. The van der Waals surface area contributed by atoms with Crippen LogP contribution in [0, 0.1) is 11.6 Å². The summed E-state index contributed by atoms with van der Waals surface area (Å²) in [6, 6.07) is 0. The first-order valence-corrected chi connectivity index (χ1v) is 6.01. The minimum Gasteiger partial charge on any atom is -0.367 e. The lowest BCUT2D eigenvalue weighted by molar-refractivity contribution is -0.168. The average molecular weight is 298 g/mol. The van der Waals surface area contributed by atoms with Crippen LogP contribution in [0.5, 0.6) is 0 Å². The van der Waals surface area contributed by atoms with E-state index in [-0.39, 0.29) is 12.4 Å². The number of hydrogen-bond acceptors (Lipinski definition) is 3. The van der Waals surface area contributed by atoms with Crippen LogP contribution < -0.4 is 0 Å². The van der Waals surface area contributed by atoms with Gasteiger partial charge in [0.2, 0.25) is 0 Å². The zero-order valence-corrected chi connectivity index (χ0v) is 11.3. The molecule has 0 unspecified atom stereocenters. The Balaban J connectivity index is 2.67. The fraction of sp³-hybridized carbons (Fsp3) is 0.636. The van der Waals surface area contributed by atoms with Crippen molar-refractivity contribution in [2.24, 2.45) is 0 Å². The topological polar surface area (TPSA) is 37.9 Å². The monoisotopic (exact) mass is 298 g/mol. The van der Waals surface area contributed by atoms with E-state index in [0.717, 1.165) is 11.3 Å². The molecule has 0 aliphatic rings.